The molecule has 0 aliphatic rings. The minimum absolute atomic E-state index is 0.188. The first-order chi connectivity index (χ1) is 7.15. The van der Waals surface area contributed by atoms with Gasteiger partial charge in [0, 0.05) is 18.2 Å². The van der Waals surface area contributed by atoms with E-state index in [1.165, 1.54) is 6.07 Å². The van der Waals surface area contributed by atoms with Crippen LogP contribution < -0.4 is 5.32 Å². The lowest BCUT2D eigenvalue weighted by atomic mass is 10.1. The van der Waals surface area contributed by atoms with Gasteiger partial charge >= 0.3 is 0 Å². The maximum absolute atomic E-state index is 13.3. The molecule has 0 saturated carbocycles. The van der Waals surface area contributed by atoms with Crippen molar-refractivity contribution in [3.63, 3.8) is 0 Å². The number of aliphatic hydroxyl groups is 2. The SMILES string of the molecule is CC(NCC(O)CO)c1ccccc1F. The van der Waals surface area contributed by atoms with E-state index in [2.05, 4.69) is 5.32 Å². The Kier molecular flexibility index (Phi) is 4.68. The molecule has 1 aromatic carbocycles. The van der Waals surface area contributed by atoms with Crippen LogP contribution in [0.1, 0.15) is 18.5 Å². The minimum atomic E-state index is -0.806. The third-order valence-corrected chi connectivity index (χ3v) is 2.24. The maximum Gasteiger partial charge on any atom is 0.127 e. The van der Waals surface area contributed by atoms with Gasteiger partial charge in [0.15, 0.2) is 0 Å². The molecule has 0 fully saturated rings. The van der Waals surface area contributed by atoms with E-state index in [4.69, 9.17) is 10.2 Å². The lowest BCUT2D eigenvalue weighted by Gasteiger charge is -2.16. The van der Waals surface area contributed by atoms with Gasteiger partial charge in [0.2, 0.25) is 0 Å². The van der Waals surface area contributed by atoms with Gasteiger partial charge in [-0.05, 0) is 13.0 Å². The molecule has 84 valence electrons. The smallest absolute Gasteiger partial charge is 0.127 e. The first-order valence-electron chi connectivity index (χ1n) is 4.92. The molecule has 0 spiro atoms. The van der Waals surface area contributed by atoms with Gasteiger partial charge in [0.1, 0.15) is 5.82 Å². The van der Waals surface area contributed by atoms with Gasteiger partial charge in [-0.2, -0.15) is 0 Å². The van der Waals surface area contributed by atoms with Crippen LogP contribution in [-0.4, -0.2) is 29.5 Å². The Morgan fingerprint density at radius 2 is 2.07 bits per heavy atom. The van der Waals surface area contributed by atoms with Gasteiger partial charge in [-0.1, -0.05) is 18.2 Å². The van der Waals surface area contributed by atoms with Crippen LogP contribution in [0.3, 0.4) is 0 Å². The largest absolute Gasteiger partial charge is 0.394 e. The molecular formula is C11H16FNO2. The van der Waals surface area contributed by atoms with Crippen LogP contribution >= 0.6 is 0 Å². The van der Waals surface area contributed by atoms with Crippen LogP contribution in [-0.2, 0) is 0 Å². The highest BCUT2D eigenvalue weighted by Gasteiger charge is 2.10. The quantitative estimate of drug-likeness (QED) is 0.679. The highest BCUT2D eigenvalue weighted by Crippen LogP contribution is 2.15. The van der Waals surface area contributed by atoms with E-state index >= 15 is 0 Å². The maximum atomic E-state index is 13.3. The van der Waals surface area contributed by atoms with Crippen molar-refractivity contribution in [1.82, 2.24) is 5.32 Å². The summed E-state index contributed by atoms with van der Waals surface area (Å²) in [5, 5.41) is 20.7. The Labute approximate surface area is 88.6 Å². The van der Waals surface area contributed by atoms with E-state index in [1.54, 1.807) is 18.2 Å². The number of benzene rings is 1. The molecule has 1 rings (SSSR count). The summed E-state index contributed by atoms with van der Waals surface area (Å²) in [7, 11) is 0. The zero-order valence-corrected chi connectivity index (χ0v) is 8.65. The molecule has 0 bridgehead atoms. The van der Waals surface area contributed by atoms with Crippen molar-refractivity contribution in [2.75, 3.05) is 13.2 Å². The van der Waals surface area contributed by atoms with E-state index in [-0.39, 0.29) is 25.0 Å². The molecule has 0 radical (unpaired) electrons. The van der Waals surface area contributed by atoms with E-state index < -0.39 is 6.10 Å². The zero-order chi connectivity index (χ0) is 11.3. The van der Waals surface area contributed by atoms with Crippen LogP contribution in [0.15, 0.2) is 24.3 Å². The fraction of sp³-hybridized carbons (Fsp3) is 0.455. The van der Waals surface area contributed by atoms with Gasteiger partial charge < -0.3 is 15.5 Å². The Morgan fingerprint density at radius 1 is 1.40 bits per heavy atom. The molecule has 1 aromatic rings. The molecule has 2 atom stereocenters. The summed E-state index contributed by atoms with van der Waals surface area (Å²) in [6.45, 7) is 1.76. The average Bonchev–Trinajstić information content (AvgIpc) is 2.26. The second-order valence-corrected chi connectivity index (χ2v) is 3.49. The van der Waals surface area contributed by atoms with Crippen LogP contribution in [0.5, 0.6) is 0 Å². The number of halogens is 1. The third kappa shape index (κ3) is 3.58. The average molecular weight is 213 g/mol. The standard InChI is InChI=1S/C11H16FNO2/c1-8(13-6-9(15)7-14)10-4-2-3-5-11(10)12/h2-5,8-9,13-15H,6-7H2,1H3. The van der Waals surface area contributed by atoms with Crippen molar-refractivity contribution in [2.45, 2.75) is 19.1 Å². The number of hydrogen-bond donors (Lipinski definition) is 3. The fourth-order valence-corrected chi connectivity index (χ4v) is 1.31. The summed E-state index contributed by atoms with van der Waals surface area (Å²) in [5.41, 5.74) is 0.558. The predicted octanol–water partition coefficient (Wildman–Crippen LogP) is 0.829. The van der Waals surface area contributed by atoms with E-state index in [0.29, 0.717) is 5.56 Å². The molecule has 0 saturated heterocycles. The summed E-state index contributed by atoms with van der Waals surface area (Å²) in [4.78, 5) is 0. The van der Waals surface area contributed by atoms with Crippen molar-refractivity contribution < 1.29 is 14.6 Å². The van der Waals surface area contributed by atoms with Crippen molar-refractivity contribution in [2.24, 2.45) is 0 Å². The van der Waals surface area contributed by atoms with Gasteiger partial charge in [-0.15, -0.1) is 0 Å². The molecular weight excluding hydrogens is 197 g/mol. The van der Waals surface area contributed by atoms with Crippen LogP contribution in [0.25, 0.3) is 0 Å². The molecule has 4 heteroatoms. The topological polar surface area (TPSA) is 52.5 Å². The van der Waals surface area contributed by atoms with Crippen molar-refractivity contribution >= 4 is 0 Å². The van der Waals surface area contributed by atoms with Gasteiger partial charge in [-0.25, -0.2) is 4.39 Å². The molecule has 0 amide bonds. The number of rotatable bonds is 5. The van der Waals surface area contributed by atoms with E-state index in [9.17, 15) is 4.39 Å². The fourth-order valence-electron chi connectivity index (χ4n) is 1.31. The number of nitrogens with one attached hydrogen (secondary N) is 1. The Balaban J connectivity index is 2.54. The van der Waals surface area contributed by atoms with Crippen molar-refractivity contribution in [3.8, 4) is 0 Å². The molecule has 3 nitrogen and oxygen atoms in total. The molecule has 0 aliphatic heterocycles. The van der Waals surface area contributed by atoms with Crippen LogP contribution in [0, 0.1) is 5.82 Å². The monoisotopic (exact) mass is 213 g/mol. The van der Waals surface area contributed by atoms with E-state index in [0.717, 1.165) is 0 Å². The molecule has 0 heterocycles. The highest BCUT2D eigenvalue weighted by molar-refractivity contribution is 5.20. The van der Waals surface area contributed by atoms with Gasteiger partial charge in [-0.3, -0.25) is 0 Å². The molecule has 0 aliphatic carbocycles. The van der Waals surface area contributed by atoms with Crippen molar-refractivity contribution in [1.29, 1.82) is 0 Å². The second kappa shape index (κ2) is 5.80. The van der Waals surface area contributed by atoms with Gasteiger partial charge in [0.25, 0.3) is 0 Å². The Bertz CT molecular complexity index is 306. The van der Waals surface area contributed by atoms with Crippen LogP contribution in [0.2, 0.25) is 0 Å². The normalized spacial score (nSPS) is 14.9. The summed E-state index contributed by atoms with van der Waals surface area (Å²) in [6.07, 6.45) is -0.806. The number of hydrogen-bond acceptors (Lipinski definition) is 3. The minimum Gasteiger partial charge on any atom is -0.394 e. The predicted molar refractivity (Wildman–Crippen MR) is 55.9 cm³/mol. The van der Waals surface area contributed by atoms with E-state index in [1.807, 2.05) is 6.92 Å². The first-order valence-corrected chi connectivity index (χ1v) is 4.92. The summed E-state index contributed by atoms with van der Waals surface area (Å²) < 4.78 is 13.3. The number of aliphatic hydroxyl groups excluding tert-OH is 2. The zero-order valence-electron chi connectivity index (χ0n) is 8.65. The Morgan fingerprint density at radius 3 is 2.67 bits per heavy atom. The Hall–Kier alpha value is -0.970. The lowest BCUT2D eigenvalue weighted by molar-refractivity contribution is 0.0923. The second-order valence-electron chi connectivity index (χ2n) is 3.49. The molecule has 2 unspecified atom stereocenters. The molecule has 15 heavy (non-hydrogen) atoms. The van der Waals surface area contributed by atoms with Crippen molar-refractivity contribution in [3.05, 3.63) is 35.6 Å². The summed E-state index contributed by atoms with van der Waals surface area (Å²) in [6, 6.07) is 6.30. The summed E-state index contributed by atoms with van der Waals surface area (Å²) in [5.74, 6) is -0.268. The summed E-state index contributed by atoms with van der Waals surface area (Å²) >= 11 is 0. The third-order valence-electron chi connectivity index (χ3n) is 2.24. The lowest BCUT2D eigenvalue weighted by Crippen LogP contribution is -2.31. The molecule has 3 N–H and O–H groups in total. The first kappa shape index (κ1) is 12.1. The molecule has 0 aromatic heterocycles. The highest BCUT2D eigenvalue weighted by atomic mass is 19.1. The van der Waals surface area contributed by atoms with Gasteiger partial charge in [0.05, 0.1) is 12.7 Å². The van der Waals surface area contributed by atoms with Crippen LogP contribution in [0.4, 0.5) is 4.39 Å².